The maximum Gasteiger partial charge on any atom is 0.337 e. The van der Waals surface area contributed by atoms with Crippen molar-refractivity contribution in [2.75, 3.05) is 26.1 Å². The fourth-order valence-corrected chi connectivity index (χ4v) is 2.46. The Balaban J connectivity index is 2.06. The van der Waals surface area contributed by atoms with E-state index in [1.54, 1.807) is 31.2 Å². The monoisotopic (exact) mass is 399 g/mol. The minimum absolute atomic E-state index is 0.0150. The van der Waals surface area contributed by atoms with Gasteiger partial charge in [0, 0.05) is 17.7 Å². The van der Waals surface area contributed by atoms with Crippen LogP contribution in [0.1, 0.15) is 44.4 Å². The molecule has 2 rings (SSSR count). The highest BCUT2D eigenvalue weighted by Crippen LogP contribution is 2.18. The predicted octanol–water partition coefficient (Wildman–Crippen LogP) is 2.87. The predicted molar refractivity (Wildman–Crippen MR) is 104 cm³/mol. The highest BCUT2D eigenvalue weighted by molar-refractivity contribution is 5.99. The van der Waals surface area contributed by atoms with E-state index in [-0.39, 0.29) is 29.2 Å². The van der Waals surface area contributed by atoms with E-state index >= 15 is 0 Å². The van der Waals surface area contributed by atoms with Gasteiger partial charge in [0.2, 0.25) is 0 Å². The minimum atomic E-state index is -0.663. The van der Waals surface area contributed by atoms with Gasteiger partial charge in [0.05, 0.1) is 25.3 Å². The summed E-state index contributed by atoms with van der Waals surface area (Å²) in [5.74, 6) is -1.39. The number of hydrogen-bond acceptors (Lipinski definition) is 7. The molecule has 0 aliphatic heterocycles. The molecule has 0 aliphatic carbocycles. The van der Waals surface area contributed by atoms with E-state index in [4.69, 9.17) is 4.74 Å². The van der Waals surface area contributed by atoms with Gasteiger partial charge in [0.15, 0.2) is 12.4 Å². The van der Waals surface area contributed by atoms with Crippen LogP contribution in [0.25, 0.3) is 0 Å². The lowest BCUT2D eigenvalue weighted by molar-refractivity contribution is -0.118. The van der Waals surface area contributed by atoms with Crippen LogP contribution in [-0.4, -0.2) is 44.5 Å². The molecule has 1 amide bonds. The minimum Gasteiger partial charge on any atom is -0.484 e. The van der Waals surface area contributed by atoms with Crippen LogP contribution in [0, 0.1) is 0 Å². The van der Waals surface area contributed by atoms with Gasteiger partial charge in [0.1, 0.15) is 5.75 Å². The van der Waals surface area contributed by atoms with Crippen molar-refractivity contribution in [1.29, 1.82) is 0 Å². The van der Waals surface area contributed by atoms with E-state index < -0.39 is 17.8 Å². The van der Waals surface area contributed by atoms with Gasteiger partial charge < -0.3 is 19.5 Å². The van der Waals surface area contributed by atoms with Crippen LogP contribution in [0.3, 0.4) is 0 Å². The molecule has 0 atom stereocenters. The lowest BCUT2D eigenvalue weighted by Gasteiger charge is -2.10. The quantitative estimate of drug-likeness (QED) is 0.537. The van der Waals surface area contributed by atoms with E-state index in [0.717, 1.165) is 0 Å². The normalized spacial score (nSPS) is 10.0. The molecule has 0 aliphatic rings. The number of ketones is 1. The molecule has 0 aromatic heterocycles. The van der Waals surface area contributed by atoms with E-state index in [2.05, 4.69) is 14.8 Å². The van der Waals surface area contributed by atoms with Crippen LogP contribution in [-0.2, 0) is 14.3 Å². The molecule has 0 saturated heterocycles. The van der Waals surface area contributed by atoms with Crippen molar-refractivity contribution in [3.8, 4) is 5.75 Å². The number of carbonyl (C=O) groups is 4. The molecule has 0 fully saturated rings. The Morgan fingerprint density at radius 3 is 1.86 bits per heavy atom. The largest absolute Gasteiger partial charge is 0.484 e. The molecule has 29 heavy (non-hydrogen) atoms. The second-order valence-corrected chi connectivity index (χ2v) is 5.92. The highest BCUT2D eigenvalue weighted by atomic mass is 16.5. The Hall–Kier alpha value is -3.68. The molecule has 152 valence electrons. The highest BCUT2D eigenvalue weighted by Gasteiger charge is 2.15. The second kappa shape index (κ2) is 10.0. The summed E-state index contributed by atoms with van der Waals surface area (Å²) in [7, 11) is 2.41. The lowest BCUT2D eigenvalue weighted by atomic mass is 10.1. The molecular weight excluding hydrogens is 378 g/mol. The number of anilines is 1. The third-order valence-electron chi connectivity index (χ3n) is 3.93. The number of amides is 1. The molecule has 0 spiro atoms. The van der Waals surface area contributed by atoms with Gasteiger partial charge in [-0.2, -0.15) is 0 Å². The summed E-state index contributed by atoms with van der Waals surface area (Å²) in [4.78, 5) is 47.4. The zero-order valence-electron chi connectivity index (χ0n) is 16.3. The lowest BCUT2D eigenvalue weighted by Crippen LogP contribution is -2.21. The average molecular weight is 399 g/mol. The first-order valence-corrected chi connectivity index (χ1v) is 8.75. The van der Waals surface area contributed by atoms with E-state index in [0.29, 0.717) is 17.7 Å². The van der Waals surface area contributed by atoms with Gasteiger partial charge in [-0.05, 0) is 42.5 Å². The summed E-state index contributed by atoms with van der Waals surface area (Å²) >= 11 is 0. The first kappa shape index (κ1) is 21.6. The zero-order valence-corrected chi connectivity index (χ0v) is 16.3. The van der Waals surface area contributed by atoms with Crippen molar-refractivity contribution in [2.24, 2.45) is 0 Å². The fourth-order valence-electron chi connectivity index (χ4n) is 2.46. The standard InChI is InChI=1S/C21H21NO7/c1-4-18(23)13-5-7-17(8-6-13)29-12-19(24)22-16-10-14(20(25)27-2)9-15(11-16)21(26)28-3/h5-11H,4,12H2,1-3H3,(H,22,24). The average Bonchev–Trinajstić information content (AvgIpc) is 2.76. The number of Topliss-reactive ketones (excluding diaryl/α,β-unsaturated/α-hetero) is 1. The molecule has 8 heteroatoms. The number of carbonyl (C=O) groups excluding carboxylic acids is 4. The van der Waals surface area contributed by atoms with Gasteiger partial charge in [-0.15, -0.1) is 0 Å². The molecule has 0 unspecified atom stereocenters. The van der Waals surface area contributed by atoms with Crippen LogP contribution < -0.4 is 10.1 Å². The van der Waals surface area contributed by atoms with E-state index in [1.807, 2.05) is 0 Å². The molecule has 1 N–H and O–H groups in total. The Bertz CT molecular complexity index is 885. The van der Waals surface area contributed by atoms with Gasteiger partial charge in [-0.1, -0.05) is 6.92 Å². The van der Waals surface area contributed by atoms with Gasteiger partial charge >= 0.3 is 11.9 Å². The maximum atomic E-state index is 12.2. The number of methoxy groups -OCH3 is 2. The molecular formula is C21H21NO7. The third kappa shape index (κ3) is 5.90. The van der Waals surface area contributed by atoms with Crippen LogP contribution in [0.15, 0.2) is 42.5 Å². The van der Waals surface area contributed by atoms with Gasteiger partial charge in [-0.3, -0.25) is 9.59 Å². The number of esters is 2. The zero-order chi connectivity index (χ0) is 21.4. The van der Waals surface area contributed by atoms with Crippen LogP contribution in [0.2, 0.25) is 0 Å². The first-order chi connectivity index (χ1) is 13.9. The van der Waals surface area contributed by atoms with Crippen LogP contribution in [0.4, 0.5) is 5.69 Å². The molecule has 0 bridgehead atoms. The number of ether oxygens (including phenoxy) is 3. The summed E-state index contributed by atoms with van der Waals surface area (Å²) in [6, 6.07) is 10.5. The molecule has 8 nitrogen and oxygen atoms in total. The Kier molecular flexibility index (Phi) is 7.47. The molecule has 2 aromatic rings. The van der Waals surface area contributed by atoms with Crippen molar-refractivity contribution in [3.63, 3.8) is 0 Å². The van der Waals surface area contributed by atoms with Gasteiger partial charge in [0.25, 0.3) is 5.91 Å². The Labute approximate surface area is 167 Å². The summed E-state index contributed by atoms with van der Waals surface area (Å²) < 4.78 is 14.7. The molecule has 0 saturated carbocycles. The van der Waals surface area contributed by atoms with Crippen molar-refractivity contribution in [3.05, 3.63) is 59.2 Å². The fraction of sp³-hybridized carbons (Fsp3) is 0.238. The Morgan fingerprint density at radius 1 is 0.828 bits per heavy atom. The number of rotatable bonds is 8. The van der Waals surface area contributed by atoms with Crippen molar-refractivity contribution in [2.45, 2.75) is 13.3 Å². The summed E-state index contributed by atoms with van der Waals surface area (Å²) in [6.45, 7) is 1.47. The van der Waals surface area contributed by atoms with E-state index in [1.165, 1.54) is 32.4 Å². The Morgan fingerprint density at radius 2 is 1.38 bits per heavy atom. The number of nitrogens with one attached hydrogen (secondary N) is 1. The smallest absolute Gasteiger partial charge is 0.337 e. The van der Waals surface area contributed by atoms with Crippen molar-refractivity contribution >= 4 is 29.3 Å². The van der Waals surface area contributed by atoms with E-state index in [9.17, 15) is 19.2 Å². The van der Waals surface area contributed by atoms with Crippen molar-refractivity contribution in [1.82, 2.24) is 0 Å². The SMILES string of the molecule is CCC(=O)c1ccc(OCC(=O)Nc2cc(C(=O)OC)cc(C(=O)OC)c2)cc1. The summed E-state index contributed by atoms with van der Waals surface area (Å²) in [6.07, 6.45) is 0.404. The maximum absolute atomic E-state index is 12.2. The first-order valence-electron chi connectivity index (χ1n) is 8.75. The second-order valence-electron chi connectivity index (χ2n) is 5.92. The van der Waals surface area contributed by atoms with Crippen LogP contribution >= 0.6 is 0 Å². The summed E-state index contributed by atoms with van der Waals surface area (Å²) in [5, 5.41) is 2.56. The summed E-state index contributed by atoms with van der Waals surface area (Å²) in [5.41, 5.74) is 0.954. The van der Waals surface area contributed by atoms with Crippen LogP contribution in [0.5, 0.6) is 5.75 Å². The van der Waals surface area contributed by atoms with Crippen molar-refractivity contribution < 1.29 is 33.4 Å². The topological polar surface area (TPSA) is 108 Å². The molecule has 2 aromatic carbocycles. The number of hydrogen-bond donors (Lipinski definition) is 1. The third-order valence-corrected chi connectivity index (χ3v) is 3.93. The van der Waals surface area contributed by atoms with Gasteiger partial charge in [-0.25, -0.2) is 9.59 Å². The number of benzene rings is 2. The molecule has 0 heterocycles. The molecule has 0 radical (unpaired) electrons.